The molecule has 22 heavy (non-hydrogen) atoms. The Kier molecular flexibility index (Phi) is 3.64. The summed E-state index contributed by atoms with van der Waals surface area (Å²) in [6, 6.07) is 0. The van der Waals surface area contributed by atoms with Gasteiger partial charge >= 0.3 is 5.97 Å². The number of nitrogens with two attached hydrogens (primary N) is 1. The Labute approximate surface area is 124 Å². The molecular weight excluding hydrogens is 294 g/mol. The van der Waals surface area contributed by atoms with Crippen LogP contribution in [0.15, 0.2) is 12.7 Å². The molecule has 10 nitrogen and oxygen atoms in total. The van der Waals surface area contributed by atoms with Crippen molar-refractivity contribution >= 4 is 23.0 Å². The van der Waals surface area contributed by atoms with Gasteiger partial charge in [0.25, 0.3) is 0 Å². The summed E-state index contributed by atoms with van der Waals surface area (Å²) in [4.78, 5) is 23.6. The van der Waals surface area contributed by atoms with E-state index in [0.29, 0.717) is 11.2 Å². The third kappa shape index (κ3) is 2.17. The van der Waals surface area contributed by atoms with Crippen molar-refractivity contribution < 1.29 is 24.5 Å². The van der Waals surface area contributed by atoms with Gasteiger partial charge in [-0.1, -0.05) is 0 Å². The zero-order chi connectivity index (χ0) is 15.9. The third-order valence-electron chi connectivity index (χ3n) is 3.42. The van der Waals surface area contributed by atoms with Crippen molar-refractivity contribution in [3.05, 3.63) is 12.7 Å². The van der Waals surface area contributed by atoms with Crippen molar-refractivity contribution in [1.82, 2.24) is 19.5 Å². The highest BCUT2D eigenvalue weighted by molar-refractivity contribution is 5.81. The third-order valence-corrected chi connectivity index (χ3v) is 3.42. The van der Waals surface area contributed by atoms with Crippen molar-refractivity contribution in [3.8, 4) is 0 Å². The molecule has 0 saturated carbocycles. The number of anilines is 1. The fraction of sp³-hybridized carbons (Fsp3) is 0.500. The molecule has 2 aromatic heterocycles. The molecule has 0 spiro atoms. The predicted octanol–water partition coefficient (Wildman–Crippen LogP) is -1.41. The first kappa shape index (κ1) is 14.6. The Morgan fingerprint density at radius 2 is 2.18 bits per heavy atom. The van der Waals surface area contributed by atoms with Crippen LogP contribution in [-0.2, 0) is 14.3 Å². The van der Waals surface area contributed by atoms with Crippen LogP contribution < -0.4 is 5.73 Å². The summed E-state index contributed by atoms with van der Waals surface area (Å²) in [6.07, 6.45) is -2.48. The van der Waals surface area contributed by atoms with Crippen molar-refractivity contribution in [2.75, 3.05) is 12.3 Å². The minimum Gasteiger partial charge on any atom is -0.464 e. The lowest BCUT2D eigenvalue weighted by molar-refractivity contribution is -0.161. The SMILES string of the molecule is CCOC(=O)[C@@H]1O[C@@H](n2cnc3c(N)ncnc32)[C@@H](O)[C@@H]1O. The van der Waals surface area contributed by atoms with E-state index in [4.69, 9.17) is 15.2 Å². The van der Waals surface area contributed by atoms with Crippen LogP contribution in [0, 0.1) is 0 Å². The van der Waals surface area contributed by atoms with Gasteiger partial charge in [0.1, 0.15) is 24.1 Å². The van der Waals surface area contributed by atoms with E-state index >= 15 is 0 Å². The lowest BCUT2D eigenvalue weighted by Crippen LogP contribution is -2.37. The molecule has 0 unspecified atom stereocenters. The highest BCUT2D eigenvalue weighted by Gasteiger charge is 2.48. The van der Waals surface area contributed by atoms with Gasteiger partial charge in [0, 0.05) is 0 Å². The van der Waals surface area contributed by atoms with Crippen LogP contribution in [0.1, 0.15) is 13.2 Å². The topological polar surface area (TPSA) is 146 Å². The highest BCUT2D eigenvalue weighted by atomic mass is 16.6. The van der Waals surface area contributed by atoms with E-state index in [1.54, 1.807) is 6.92 Å². The fourth-order valence-corrected chi connectivity index (χ4v) is 2.36. The predicted molar refractivity (Wildman–Crippen MR) is 72.3 cm³/mol. The van der Waals surface area contributed by atoms with E-state index in [9.17, 15) is 15.0 Å². The summed E-state index contributed by atoms with van der Waals surface area (Å²) in [5.74, 6) is -0.561. The van der Waals surface area contributed by atoms with Crippen LogP contribution in [0.3, 0.4) is 0 Å². The first-order chi connectivity index (χ1) is 10.5. The molecule has 0 aliphatic carbocycles. The van der Waals surface area contributed by atoms with E-state index < -0.39 is 30.5 Å². The maximum absolute atomic E-state index is 11.7. The number of nitrogens with zero attached hydrogens (tertiary/aromatic N) is 4. The largest absolute Gasteiger partial charge is 0.464 e. The monoisotopic (exact) mass is 309 g/mol. The molecular formula is C12H15N5O5. The van der Waals surface area contributed by atoms with Gasteiger partial charge in [-0.3, -0.25) is 4.57 Å². The summed E-state index contributed by atoms with van der Waals surface area (Å²) in [7, 11) is 0. The summed E-state index contributed by atoms with van der Waals surface area (Å²) in [5.41, 5.74) is 6.36. The minimum atomic E-state index is -1.42. The molecule has 3 rings (SSSR count). The molecule has 4 N–H and O–H groups in total. The van der Waals surface area contributed by atoms with Gasteiger partial charge in [-0.15, -0.1) is 0 Å². The Morgan fingerprint density at radius 3 is 2.91 bits per heavy atom. The number of rotatable bonds is 3. The number of imidazole rings is 1. The molecule has 0 aromatic carbocycles. The number of ether oxygens (including phenoxy) is 2. The van der Waals surface area contributed by atoms with Crippen LogP contribution in [-0.4, -0.2) is 60.6 Å². The van der Waals surface area contributed by atoms with Crippen molar-refractivity contribution in [1.29, 1.82) is 0 Å². The Bertz CT molecular complexity index is 704. The molecule has 0 radical (unpaired) electrons. The molecule has 2 aromatic rings. The molecule has 118 valence electrons. The van der Waals surface area contributed by atoms with E-state index in [-0.39, 0.29) is 12.4 Å². The summed E-state index contributed by atoms with van der Waals surface area (Å²) >= 11 is 0. The van der Waals surface area contributed by atoms with E-state index in [1.807, 2.05) is 0 Å². The number of carbonyl (C=O) groups excluding carboxylic acids is 1. The minimum absolute atomic E-state index is 0.143. The van der Waals surface area contributed by atoms with Crippen molar-refractivity contribution in [3.63, 3.8) is 0 Å². The van der Waals surface area contributed by atoms with Crippen molar-refractivity contribution in [2.45, 2.75) is 31.5 Å². The van der Waals surface area contributed by atoms with Crippen LogP contribution in [0.2, 0.25) is 0 Å². The van der Waals surface area contributed by atoms with Gasteiger partial charge in [-0.05, 0) is 6.92 Å². The van der Waals surface area contributed by atoms with E-state index in [0.717, 1.165) is 0 Å². The van der Waals surface area contributed by atoms with Crippen LogP contribution in [0.4, 0.5) is 5.82 Å². The van der Waals surface area contributed by atoms with Crippen LogP contribution in [0.25, 0.3) is 11.2 Å². The maximum atomic E-state index is 11.7. The van der Waals surface area contributed by atoms with Crippen molar-refractivity contribution in [2.24, 2.45) is 0 Å². The molecule has 0 amide bonds. The Morgan fingerprint density at radius 1 is 1.41 bits per heavy atom. The number of aliphatic hydroxyl groups excluding tert-OH is 2. The normalized spacial score (nSPS) is 28.1. The smallest absolute Gasteiger partial charge is 0.338 e. The zero-order valence-corrected chi connectivity index (χ0v) is 11.7. The first-order valence-corrected chi connectivity index (χ1v) is 6.65. The number of carbonyl (C=O) groups is 1. The molecule has 1 fully saturated rings. The first-order valence-electron chi connectivity index (χ1n) is 6.65. The van der Waals surface area contributed by atoms with Gasteiger partial charge < -0.3 is 25.4 Å². The molecule has 4 atom stereocenters. The molecule has 1 aliphatic heterocycles. The standard InChI is InChI=1S/C12H15N5O5/c1-2-21-12(20)8-6(18)7(19)11(22-8)17-4-16-5-9(13)14-3-15-10(5)17/h3-4,6-8,11,18-19H,2H2,1H3,(H2,13,14,15)/t6-,7-,8+,11+/m0/s1. The number of hydrogen-bond donors (Lipinski definition) is 3. The Hall–Kier alpha value is -2.30. The second kappa shape index (κ2) is 5.48. The second-order valence-electron chi connectivity index (χ2n) is 4.76. The molecule has 0 bridgehead atoms. The lowest BCUT2D eigenvalue weighted by Gasteiger charge is -2.16. The number of hydrogen-bond acceptors (Lipinski definition) is 9. The number of aliphatic hydroxyl groups is 2. The maximum Gasteiger partial charge on any atom is 0.338 e. The van der Waals surface area contributed by atoms with E-state index in [2.05, 4.69) is 15.0 Å². The second-order valence-corrected chi connectivity index (χ2v) is 4.76. The van der Waals surface area contributed by atoms with E-state index in [1.165, 1.54) is 17.2 Å². The summed E-state index contributed by atoms with van der Waals surface area (Å²) in [5, 5.41) is 20.1. The number of nitrogen functional groups attached to an aromatic ring is 1. The average Bonchev–Trinajstić information content (AvgIpc) is 3.03. The van der Waals surface area contributed by atoms with Gasteiger partial charge in [-0.25, -0.2) is 19.7 Å². The molecule has 1 aliphatic rings. The van der Waals surface area contributed by atoms with Gasteiger partial charge in [0.2, 0.25) is 0 Å². The van der Waals surface area contributed by atoms with Gasteiger partial charge in [0.15, 0.2) is 23.8 Å². The molecule has 3 heterocycles. The number of aromatic nitrogens is 4. The number of esters is 1. The zero-order valence-electron chi connectivity index (χ0n) is 11.7. The fourth-order valence-electron chi connectivity index (χ4n) is 2.36. The Balaban J connectivity index is 1.94. The molecule has 1 saturated heterocycles. The number of fused-ring (bicyclic) bond motifs is 1. The van der Waals surface area contributed by atoms with Crippen LogP contribution >= 0.6 is 0 Å². The summed E-state index contributed by atoms with van der Waals surface area (Å²) < 4.78 is 11.6. The molecule has 10 heteroatoms. The van der Waals surface area contributed by atoms with Gasteiger partial charge in [0.05, 0.1) is 12.9 Å². The highest BCUT2D eigenvalue weighted by Crippen LogP contribution is 2.32. The van der Waals surface area contributed by atoms with Gasteiger partial charge in [-0.2, -0.15) is 0 Å². The summed E-state index contributed by atoms with van der Waals surface area (Å²) in [6.45, 7) is 1.78. The quantitative estimate of drug-likeness (QED) is 0.582. The lowest BCUT2D eigenvalue weighted by atomic mass is 10.1. The average molecular weight is 309 g/mol. The van der Waals surface area contributed by atoms with Crippen LogP contribution in [0.5, 0.6) is 0 Å².